The fourth-order valence-electron chi connectivity index (χ4n) is 1.93. The van der Waals surface area contributed by atoms with E-state index in [1.54, 1.807) is 13.0 Å². The fraction of sp³-hybridized carbons (Fsp3) is 0.636. The van der Waals surface area contributed by atoms with Crippen LogP contribution in [0.3, 0.4) is 0 Å². The normalized spacial score (nSPS) is 19.9. The molecule has 1 aromatic heterocycles. The van der Waals surface area contributed by atoms with Crippen molar-refractivity contribution in [2.24, 2.45) is 0 Å². The zero-order valence-corrected chi connectivity index (χ0v) is 11.5. The maximum absolute atomic E-state index is 12.1. The van der Waals surface area contributed by atoms with Crippen LogP contribution in [0, 0.1) is 6.92 Å². The second-order valence-electron chi connectivity index (χ2n) is 4.44. The molecule has 0 radical (unpaired) electrons. The molecule has 1 atom stereocenters. The van der Waals surface area contributed by atoms with Crippen molar-refractivity contribution in [3.05, 3.63) is 23.7 Å². The molecule has 1 aromatic rings. The van der Waals surface area contributed by atoms with E-state index in [1.807, 2.05) is 13.0 Å². The Balaban J connectivity index is 2.03. The Hall–Kier alpha value is -0.890. The van der Waals surface area contributed by atoms with Crippen molar-refractivity contribution in [2.45, 2.75) is 19.9 Å². The number of furan rings is 1. The molecule has 6 nitrogen and oxygen atoms in total. The number of rotatable bonds is 4. The van der Waals surface area contributed by atoms with Crippen molar-refractivity contribution < 1.29 is 12.8 Å². The average Bonchev–Trinajstić information content (AvgIpc) is 2.77. The van der Waals surface area contributed by atoms with Gasteiger partial charge in [0.25, 0.3) is 10.2 Å². The quantitative estimate of drug-likeness (QED) is 0.832. The first-order valence-corrected chi connectivity index (χ1v) is 7.47. The Kier molecular flexibility index (Phi) is 4.06. The topological polar surface area (TPSA) is 74.6 Å². The molecule has 1 fully saturated rings. The zero-order chi connectivity index (χ0) is 13.2. The van der Waals surface area contributed by atoms with Crippen molar-refractivity contribution in [1.82, 2.24) is 14.3 Å². The SMILES string of the molecule is Cc1ccc(C(C)NS(=O)(=O)N2CCNCC2)o1. The first-order valence-electron chi connectivity index (χ1n) is 6.03. The maximum atomic E-state index is 12.1. The summed E-state index contributed by atoms with van der Waals surface area (Å²) in [4.78, 5) is 0. The van der Waals surface area contributed by atoms with Crippen LogP contribution in [-0.4, -0.2) is 38.9 Å². The largest absolute Gasteiger partial charge is 0.465 e. The second kappa shape index (κ2) is 5.40. The molecule has 0 spiro atoms. The minimum Gasteiger partial charge on any atom is -0.465 e. The van der Waals surface area contributed by atoms with Crippen LogP contribution >= 0.6 is 0 Å². The van der Waals surface area contributed by atoms with E-state index in [9.17, 15) is 8.42 Å². The summed E-state index contributed by atoms with van der Waals surface area (Å²) in [6.45, 7) is 5.99. The molecule has 1 aliphatic rings. The van der Waals surface area contributed by atoms with Crippen LogP contribution in [-0.2, 0) is 10.2 Å². The Morgan fingerprint density at radius 2 is 2.06 bits per heavy atom. The summed E-state index contributed by atoms with van der Waals surface area (Å²) in [6.07, 6.45) is 0. The molecule has 1 aliphatic heterocycles. The van der Waals surface area contributed by atoms with Crippen LogP contribution in [0.2, 0.25) is 0 Å². The Morgan fingerprint density at radius 1 is 1.39 bits per heavy atom. The summed E-state index contributed by atoms with van der Waals surface area (Å²) in [5.74, 6) is 1.41. The van der Waals surface area contributed by atoms with Crippen molar-refractivity contribution in [1.29, 1.82) is 0 Å². The third-order valence-corrected chi connectivity index (χ3v) is 4.63. The van der Waals surface area contributed by atoms with E-state index in [4.69, 9.17) is 4.42 Å². The van der Waals surface area contributed by atoms with Crippen LogP contribution in [0.1, 0.15) is 24.5 Å². The molecule has 2 N–H and O–H groups in total. The van der Waals surface area contributed by atoms with Gasteiger partial charge in [0.05, 0.1) is 6.04 Å². The molecule has 1 saturated heterocycles. The highest BCUT2D eigenvalue weighted by atomic mass is 32.2. The number of nitrogens with zero attached hydrogens (tertiary/aromatic N) is 1. The lowest BCUT2D eigenvalue weighted by Crippen LogP contribution is -2.50. The van der Waals surface area contributed by atoms with Crippen molar-refractivity contribution in [3.8, 4) is 0 Å². The van der Waals surface area contributed by atoms with Gasteiger partial charge in [-0.15, -0.1) is 0 Å². The van der Waals surface area contributed by atoms with E-state index in [0.717, 1.165) is 5.76 Å². The summed E-state index contributed by atoms with van der Waals surface area (Å²) < 4.78 is 33.8. The summed E-state index contributed by atoms with van der Waals surface area (Å²) >= 11 is 0. The molecule has 2 heterocycles. The number of hydrogen-bond acceptors (Lipinski definition) is 4. The molecule has 102 valence electrons. The Labute approximate surface area is 108 Å². The molecule has 7 heteroatoms. The van der Waals surface area contributed by atoms with E-state index in [-0.39, 0.29) is 6.04 Å². The molecule has 18 heavy (non-hydrogen) atoms. The van der Waals surface area contributed by atoms with Gasteiger partial charge in [0, 0.05) is 26.2 Å². The zero-order valence-electron chi connectivity index (χ0n) is 10.6. The van der Waals surface area contributed by atoms with E-state index in [0.29, 0.717) is 31.9 Å². The maximum Gasteiger partial charge on any atom is 0.280 e. The third-order valence-electron chi connectivity index (χ3n) is 2.93. The molecular formula is C11H19N3O3S. The highest BCUT2D eigenvalue weighted by molar-refractivity contribution is 7.87. The van der Waals surface area contributed by atoms with Gasteiger partial charge >= 0.3 is 0 Å². The summed E-state index contributed by atoms with van der Waals surface area (Å²) in [5.41, 5.74) is 0. The van der Waals surface area contributed by atoms with Gasteiger partial charge < -0.3 is 9.73 Å². The number of nitrogens with one attached hydrogen (secondary N) is 2. The third kappa shape index (κ3) is 3.11. The monoisotopic (exact) mass is 273 g/mol. The smallest absolute Gasteiger partial charge is 0.280 e. The molecule has 2 rings (SSSR count). The second-order valence-corrected chi connectivity index (χ2v) is 6.14. The first-order chi connectivity index (χ1) is 8.49. The van der Waals surface area contributed by atoms with Gasteiger partial charge in [-0.25, -0.2) is 0 Å². The van der Waals surface area contributed by atoms with Crippen molar-refractivity contribution >= 4 is 10.2 Å². The molecule has 0 saturated carbocycles. The van der Waals surface area contributed by atoms with Gasteiger partial charge in [0.1, 0.15) is 11.5 Å². The lowest BCUT2D eigenvalue weighted by molar-refractivity contribution is 0.348. The van der Waals surface area contributed by atoms with E-state index < -0.39 is 10.2 Å². The van der Waals surface area contributed by atoms with E-state index >= 15 is 0 Å². The number of piperazine rings is 1. The van der Waals surface area contributed by atoms with Crippen LogP contribution in [0.25, 0.3) is 0 Å². The highest BCUT2D eigenvalue weighted by Crippen LogP contribution is 2.17. The first kappa shape index (κ1) is 13.5. The van der Waals surface area contributed by atoms with Gasteiger partial charge in [-0.3, -0.25) is 0 Å². The van der Waals surface area contributed by atoms with Crippen LogP contribution in [0.4, 0.5) is 0 Å². The van der Waals surface area contributed by atoms with Gasteiger partial charge in [-0.1, -0.05) is 0 Å². The Morgan fingerprint density at radius 3 is 2.61 bits per heavy atom. The van der Waals surface area contributed by atoms with Crippen molar-refractivity contribution in [3.63, 3.8) is 0 Å². The van der Waals surface area contributed by atoms with Crippen LogP contribution < -0.4 is 10.0 Å². The molecule has 0 aromatic carbocycles. The summed E-state index contributed by atoms with van der Waals surface area (Å²) in [5, 5.41) is 3.12. The molecule has 0 aliphatic carbocycles. The predicted octanol–water partition coefficient (Wildman–Crippen LogP) is 0.389. The van der Waals surface area contributed by atoms with Gasteiger partial charge in [0.15, 0.2) is 0 Å². The minimum atomic E-state index is -3.44. The molecule has 1 unspecified atom stereocenters. The summed E-state index contributed by atoms with van der Waals surface area (Å²) in [7, 11) is -3.44. The average molecular weight is 273 g/mol. The van der Waals surface area contributed by atoms with Gasteiger partial charge in [-0.05, 0) is 26.0 Å². The van der Waals surface area contributed by atoms with E-state index in [2.05, 4.69) is 10.0 Å². The van der Waals surface area contributed by atoms with Crippen LogP contribution in [0.15, 0.2) is 16.5 Å². The van der Waals surface area contributed by atoms with Gasteiger partial charge in [0.2, 0.25) is 0 Å². The van der Waals surface area contributed by atoms with Crippen molar-refractivity contribution in [2.75, 3.05) is 26.2 Å². The van der Waals surface area contributed by atoms with Gasteiger partial charge in [-0.2, -0.15) is 17.4 Å². The van der Waals surface area contributed by atoms with E-state index in [1.165, 1.54) is 4.31 Å². The molecule has 0 bridgehead atoms. The lowest BCUT2D eigenvalue weighted by Gasteiger charge is -2.27. The number of hydrogen-bond donors (Lipinski definition) is 2. The van der Waals surface area contributed by atoms with Crippen LogP contribution in [0.5, 0.6) is 0 Å². The molecule has 0 amide bonds. The minimum absolute atomic E-state index is 0.362. The number of aryl methyl sites for hydroxylation is 1. The molecular weight excluding hydrogens is 254 g/mol. The lowest BCUT2D eigenvalue weighted by atomic mass is 10.3. The Bertz CT molecular complexity index is 491. The highest BCUT2D eigenvalue weighted by Gasteiger charge is 2.26. The predicted molar refractivity (Wildman–Crippen MR) is 68.4 cm³/mol. The summed E-state index contributed by atoms with van der Waals surface area (Å²) in [6, 6.07) is 3.25. The standard InChI is InChI=1S/C11H19N3O3S/c1-9-3-4-11(17-9)10(2)13-18(15,16)14-7-5-12-6-8-14/h3-4,10,12-13H,5-8H2,1-2H3. The fourth-order valence-corrected chi connectivity index (χ4v) is 3.30.